The summed E-state index contributed by atoms with van der Waals surface area (Å²) in [5.41, 5.74) is 1.06. The van der Waals surface area contributed by atoms with Crippen LogP contribution in [0.1, 0.15) is 26.3 Å². The average molecular weight is 251 g/mol. The molecule has 0 saturated heterocycles. The molecule has 1 aromatic rings. The number of carbonyl (C=O) groups excluding carboxylic acids is 1. The van der Waals surface area contributed by atoms with Gasteiger partial charge in [0, 0.05) is 0 Å². The average Bonchev–Trinajstić information content (AvgIpc) is 2.28. The monoisotopic (exact) mass is 251 g/mol. The second-order valence-corrected chi connectivity index (χ2v) is 4.64. The minimum atomic E-state index is -0.634. The molecule has 0 aliphatic carbocycles. The number of rotatable bonds is 5. The highest BCUT2D eigenvalue weighted by atomic mass is 16.6. The molecule has 0 radical (unpaired) electrons. The summed E-state index contributed by atoms with van der Waals surface area (Å²) in [6.07, 6.45) is -0.723. The number of nitrogens with one attached hydrogen (secondary N) is 1. The van der Waals surface area contributed by atoms with Crippen molar-refractivity contribution in [3.63, 3.8) is 0 Å². The minimum Gasteiger partial charge on any atom is -0.447 e. The van der Waals surface area contributed by atoms with Gasteiger partial charge in [0.1, 0.15) is 0 Å². The quantitative estimate of drug-likeness (QED) is 0.842. The van der Waals surface area contributed by atoms with E-state index in [0.717, 1.165) is 5.56 Å². The van der Waals surface area contributed by atoms with Crippen molar-refractivity contribution in [3.05, 3.63) is 35.9 Å². The fourth-order valence-electron chi connectivity index (χ4n) is 1.61. The lowest BCUT2D eigenvalue weighted by molar-refractivity contribution is 0.0941. The van der Waals surface area contributed by atoms with Crippen LogP contribution in [0, 0.1) is 0 Å². The molecule has 0 aliphatic rings. The van der Waals surface area contributed by atoms with E-state index in [1.807, 2.05) is 30.3 Å². The molecule has 1 unspecified atom stereocenters. The Balaban J connectivity index is 2.58. The Morgan fingerprint density at radius 1 is 1.28 bits per heavy atom. The van der Waals surface area contributed by atoms with E-state index in [0.29, 0.717) is 6.42 Å². The predicted molar refractivity (Wildman–Crippen MR) is 70.4 cm³/mol. The van der Waals surface area contributed by atoms with Gasteiger partial charge in [-0.1, -0.05) is 30.3 Å². The van der Waals surface area contributed by atoms with Crippen molar-refractivity contribution in [1.29, 1.82) is 0 Å². The molecule has 0 aromatic heterocycles. The number of hydrogen-bond donors (Lipinski definition) is 2. The van der Waals surface area contributed by atoms with Gasteiger partial charge in [0.05, 0.1) is 18.2 Å². The first-order valence-electron chi connectivity index (χ1n) is 6.18. The van der Waals surface area contributed by atoms with Gasteiger partial charge >= 0.3 is 6.09 Å². The summed E-state index contributed by atoms with van der Waals surface area (Å²) in [6, 6.07) is 9.37. The van der Waals surface area contributed by atoms with E-state index in [4.69, 9.17) is 4.74 Å². The fourth-order valence-corrected chi connectivity index (χ4v) is 1.61. The van der Waals surface area contributed by atoms with Crippen molar-refractivity contribution in [1.82, 2.24) is 5.32 Å². The molecule has 0 spiro atoms. The van der Waals surface area contributed by atoms with Gasteiger partial charge in [0.2, 0.25) is 0 Å². The highest BCUT2D eigenvalue weighted by molar-refractivity contribution is 5.67. The molecule has 1 amide bonds. The highest BCUT2D eigenvalue weighted by Gasteiger charge is 2.19. The maximum atomic E-state index is 11.5. The van der Waals surface area contributed by atoms with E-state index >= 15 is 0 Å². The number of carbonyl (C=O) groups is 1. The molecule has 0 fully saturated rings. The second-order valence-electron chi connectivity index (χ2n) is 4.64. The molecule has 0 heterocycles. The normalized spacial score (nSPS) is 14.1. The number of alkyl carbamates (subject to hydrolysis) is 1. The van der Waals surface area contributed by atoms with Crippen LogP contribution in [0.2, 0.25) is 0 Å². The maximum Gasteiger partial charge on any atom is 0.407 e. The molecule has 1 rings (SSSR count). The smallest absolute Gasteiger partial charge is 0.407 e. The Morgan fingerprint density at radius 3 is 2.39 bits per heavy atom. The van der Waals surface area contributed by atoms with Crippen molar-refractivity contribution in [2.24, 2.45) is 0 Å². The zero-order valence-electron chi connectivity index (χ0n) is 11.1. The highest BCUT2D eigenvalue weighted by Crippen LogP contribution is 2.06. The molecule has 2 atom stereocenters. The van der Waals surface area contributed by atoms with Gasteiger partial charge in [-0.25, -0.2) is 4.79 Å². The van der Waals surface area contributed by atoms with E-state index in [2.05, 4.69) is 5.32 Å². The Labute approximate surface area is 108 Å². The van der Waals surface area contributed by atoms with Gasteiger partial charge in [-0.15, -0.1) is 0 Å². The van der Waals surface area contributed by atoms with Gasteiger partial charge in [0.15, 0.2) is 0 Å². The van der Waals surface area contributed by atoms with Crippen LogP contribution >= 0.6 is 0 Å². The number of hydrogen-bond acceptors (Lipinski definition) is 3. The third-order valence-electron chi connectivity index (χ3n) is 2.53. The van der Waals surface area contributed by atoms with Crippen molar-refractivity contribution in [2.45, 2.75) is 45.4 Å². The van der Waals surface area contributed by atoms with E-state index in [1.54, 1.807) is 20.8 Å². The van der Waals surface area contributed by atoms with Crippen molar-refractivity contribution in [2.75, 3.05) is 0 Å². The van der Waals surface area contributed by atoms with E-state index < -0.39 is 12.2 Å². The molecule has 1 aromatic carbocycles. The lowest BCUT2D eigenvalue weighted by Crippen LogP contribution is -2.44. The van der Waals surface area contributed by atoms with E-state index in [9.17, 15) is 9.90 Å². The van der Waals surface area contributed by atoms with Crippen LogP contribution in [0.3, 0.4) is 0 Å². The van der Waals surface area contributed by atoms with Crippen LogP contribution in [0.15, 0.2) is 30.3 Å². The molecule has 0 aliphatic heterocycles. The molecule has 2 N–H and O–H groups in total. The number of ether oxygens (including phenoxy) is 1. The van der Waals surface area contributed by atoms with Gasteiger partial charge in [-0.3, -0.25) is 0 Å². The summed E-state index contributed by atoms with van der Waals surface area (Å²) in [5.74, 6) is 0. The molecular weight excluding hydrogens is 230 g/mol. The first kappa shape index (κ1) is 14.5. The largest absolute Gasteiger partial charge is 0.447 e. The van der Waals surface area contributed by atoms with E-state index in [1.165, 1.54) is 0 Å². The first-order valence-corrected chi connectivity index (χ1v) is 6.18. The van der Waals surface area contributed by atoms with Crippen molar-refractivity contribution < 1.29 is 14.6 Å². The fraction of sp³-hybridized carbons (Fsp3) is 0.500. The molecular formula is C14H21NO3. The number of amides is 1. The summed E-state index contributed by atoms with van der Waals surface area (Å²) in [6.45, 7) is 5.23. The van der Waals surface area contributed by atoms with Gasteiger partial charge in [-0.2, -0.15) is 0 Å². The Bertz CT molecular complexity index is 363. The van der Waals surface area contributed by atoms with Crippen LogP contribution in [0.4, 0.5) is 4.79 Å². The number of aliphatic hydroxyl groups excluding tert-OH is 1. The molecule has 4 heteroatoms. The number of aliphatic hydroxyl groups is 1. The molecule has 100 valence electrons. The zero-order valence-corrected chi connectivity index (χ0v) is 11.1. The van der Waals surface area contributed by atoms with Gasteiger partial charge < -0.3 is 15.2 Å². The van der Waals surface area contributed by atoms with Crippen molar-refractivity contribution in [3.8, 4) is 0 Å². The Hall–Kier alpha value is -1.55. The summed E-state index contributed by atoms with van der Waals surface area (Å²) < 4.78 is 5.01. The summed E-state index contributed by atoms with van der Waals surface area (Å²) in [7, 11) is 0. The summed E-state index contributed by atoms with van der Waals surface area (Å²) >= 11 is 0. The molecule has 0 bridgehead atoms. The number of benzene rings is 1. The second kappa shape index (κ2) is 7.01. The van der Waals surface area contributed by atoms with Crippen LogP contribution in [-0.2, 0) is 11.2 Å². The Morgan fingerprint density at radius 2 is 1.89 bits per heavy atom. The maximum absolute atomic E-state index is 11.5. The standard InChI is InChI=1S/C14H21NO3/c1-10(2)18-14(17)15-13(11(3)16)9-12-7-5-4-6-8-12/h4-8,10-11,13,16H,9H2,1-3H3,(H,15,17)/t11?,13-/m0/s1. The summed E-state index contributed by atoms with van der Waals surface area (Å²) in [5, 5.41) is 12.4. The summed E-state index contributed by atoms with van der Waals surface area (Å²) in [4.78, 5) is 11.5. The zero-order chi connectivity index (χ0) is 13.5. The van der Waals surface area contributed by atoms with Crippen LogP contribution in [-0.4, -0.2) is 29.4 Å². The van der Waals surface area contributed by atoms with Crippen molar-refractivity contribution >= 4 is 6.09 Å². The first-order chi connectivity index (χ1) is 8.49. The third-order valence-corrected chi connectivity index (χ3v) is 2.53. The minimum absolute atomic E-state index is 0.170. The molecule has 18 heavy (non-hydrogen) atoms. The topological polar surface area (TPSA) is 58.6 Å². The lowest BCUT2D eigenvalue weighted by Gasteiger charge is -2.22. The van der Waals surface area contributed by atoms with Crippen LogP contribution < -0.4 is 5.32 Å². The SMILES string of the molecule is CC(C)OC(=O)N[C@@H](Cc1ccccc1)C(C)O. The molecule has 0 saturated carbocycles. The van der Waals surface area contributed by atoms with E-state index in [-0.39, 0.29) is 12.1 Å². The third kappa shape index (κ3) is 5.19. The van der Waals surface area contributed by atoms with Crippen LogP contribution in [0.5, 0.6) is 0 Å². The van der Waals surface area contributed by atoms with Crippen LogP contribution in [0.25, 0.3) is 0 Å². The lowest BCUT2D eigenvalue weighted by atomic mass is 10.0. The predicted octanol–water partition coefficient (Wildman–Crippen LogP) is 2.11. The van der Waals surface area contributed by atoms with Gasteiger partial charge in [0.25, 0.3) is 0 Å². The Kier molecular flexibility index (Phi) is 5.65. The van der Waals surface area contributed by atoms with Gasteiger partial charge in [-0.05, 0) is 32.8 Å². The molecule has 4 nitrogen and oxygen atoms in total.